The van der Waals surface area contributed by atoms with E-state index in [0.717, 1.165) is 38.2 Å². The highest BCUT2D eigenvalue weighted by Crippen LogP contribution is 2.10. The monoisotopic (exact) mass is 282 g/mol. The number of nitrogens with zero attached hydrogens (tertiary/aromatic N) is 1. The van der Waals surface area contributed by atoms with Crippen molar-refractivity contribution in [2.75, 3.05) is 32.8 Å². The van der Waals surface area contributed by atoms with Crippen LogP contribution in [-0.4, -0.2) is 43.6 Å². The van der Waals surface area contributed by atoms with E-state index in [0.29, 0.717) is 11.6 Å². The van der Waals surface area contributed by atoms with Gasteiger partial charge in [-0.2, -0.15) is 0 Å². The van der Waals surface area contributed by atoms with E-state index < -0.39 is 0 Å². The number of amides is 1. The highest BCUT2D eigenvalue weighted by molar-refractivity contribution is 6.30. The van der Waals surface area contributed by atoms with Gasteiger partial charge in [0.2, 0.25) is 5.91 Å². The van der Waals surface area contributed by atoms with Gasteiger partial charge < -0.3 is 15.0 Å². The number of hydrogen-bond donors (Lipinski definition) is 1. The van der Waals surface area contributed by atoms with Crippen molar-refractivity contribution in [2.24, 2.45) is 0 Å². The molecule has 0 atom stereocenters. The summed E-state index contributed by atoms with van der Waals surface area (Å²) in [5, 5.41) is 3.98. The summed E-state index contributed by atoms with van der Waals surface area (Å²) in [6.45, 7) is 4.01. The van der Waals surface area contributed by atoms with Crippen molar-refractivity contribution in [3.63, 3.8) is 0 Å². The van der Waals surface area contributed by atoms with Gasteiger partial charge in [-0.1, -0.05) is 23.7 Å². The lowest BCUT2D eigenvalue weighted by Crippen LogP contribution is -2.36. The molecule has 5 heteroatoms. The SMILES string of the molecule is O=C(COCc1ccc(Cl)cc1)N1CCCNCC1. The Morgan fingerprint density at radius 3 is 2.84 bits per heavy atom. The van der Waals surface area contributed by atoms with E-state index in [1.165, 1.54) is 0 Å². The van der Waals surface area contributed by atoms with Crippen LogP contribution in [0.4, 0.5) is 0 Å². The molecule has 1 fully saturated rings. The molecule has 0 aromatic heterocycles. The van der Waals surface area contributed by atoms with E-state index in [4.69, 9.17) is 16.3 Å². The molecule has 1 heterocycles. The van der Waals surface area contributed by atoms with Crippen LogP contribution in [0.3, 0.4) is 0 Å². The molecule has 1 amide bonds. The summed E-state index contributed by atoms with van der Waals surface area (Å²) in [5.74, 6) is 0.0673. The maximum absolute atomic E-state index is 11.9. The second-order valence-corrected chi connectivity index (χ2v) is 5.04. The third kappa shape index (κ3) is 4.82. The Kier molecular flexibility index (Phi) is 5.63. The maximum Gasteiger partial charge on any atom is 0.248 e. The minimum Gasteiger partial charge on any atom is -0.367 e. The lowest BCUT2D eigenvalue weighted by molar-refractivity contribution is -0.136. The molecule has 0 bridgehead atoms. The van der Waals surface area contributed by atoms with Crippen LogP contribution in [0.1, 0.15) is 12.0 Å². The fourth-order valence-corrected chi connectivity index (χ4v) is 2.15. The molecule has 1 aromatic carbocycles. The third-order valence-corrected chi connectivity index (χ3v) is 3.35. The molecule has 0 radical (unpaired) electrons. The molecule has 1 aromatic rings. The van der Waals surface area contributed by atoms with Crippen molar-refractivity contribution in [3.8, 4) is 0 Å². The summed E-state index contributed by atoms with van der Waals surface area (Å²) in [4.78, 5) is 13.8. The van der Waals surface area contributed by atoms with Gasteiger partial charge in [0.1, 0.15) is 6.61 Å². The molecule has 0 aliphatic carbocycles. The number of nitrogens with one attached hydrogen (secondary N) is 1. The zero-order valence-corrected chi connectivity index (χ0v) is 11.7. The average Bonchev–Trinajstić information content (AvgIpc) is 2.70. The predicted molar refractivity (Wildman–Crippen MR) is 75.2 cm³/mol. The maximum atomic E-state index is 11.9. The molecule has 0 saturated carbocycles. The lowest BCUT2D eigenvalue weighted by atomic mass is 10.2. The number of hydrogen-bond acceptors (Lipinski definition) is 3. The van der Waals surface area contributed by atoms with E-state index in [1.807, 2.05) is 29.2 Å². The Labute approximate surface area is 118 Å². The zero-order chi connectivity index (χ0) is 13.5. The first-order valence-electron chi connectivity index (χ1n) is 6.56. The summed E-state index contributed by atoms with van der Waals surface area (Å²) in [6.07, 6.45) is 1.00. The second-order valence-electron chi connectivity index (χ2n) is 4.60. The molecular weight excluding hydrogens is 264 g/mol. The summed E-state index contributed by atoms with van der Waals surface area (Å²) in [7, 11) is 0. The van der Waals surface area contributed by atoms with Gasteiger partial charge in [-0.3, -0.25) is 4.79 Å². The Bertz CT molecular complexity index is 400. The largest absolute Gasteiger partial charge is 0.367 e. The van der Waals surface area contributed by atoms with Gasteiger partial charge in [0, 0.05) is 24.7 Å². The molecule has 0 spiro atoms. The van der Waals surface area contributed by atoms with E-state index in [1.54, 1.807) is 0 Å². The number of benzene rings is 1. The van der Waals surface area contributed by atoms with Gasteiger partial charge in [0.15, 0.2) is 0 Å². The van der Waals surface area contributed by atoms with Crippen LogP contribution < -0.4 is 5.32 Å². The van der Waals surface area contributed by atoms with Gasteiger partial charge in [-0.25, -0.2) is 0 Å². The standard InChI is InChI=1S/C14H19ClN2O2/c15-13-4-2-12(3-5-13)10-19-11-14(18)17-8-1-6-16-7-9-17/h2-5,16H,1,6-11H2. The van der Waals surface area contributed by atoms with Crippen LogP contribution in [-0.2, 0) is 16.1 Å². The van der Waals surface area contributed by atoms with Crippen molar-refractivity contribution in [2.45, 2.75) is 13.0 Å². The van der Waals surface area contributed by atoms with Crippen molar-refractivity contribution >= 4 is 17.5 Å². The van der Waals surface area contributed by atoms with Crippen LogP contribution in [0.25, 0.3) is 0 Å². The molecular formula is C14H19ClN2O2. The van der Waals surface area contributed by atoms with Crippen LogP contribution >= 0.6 is 11.6 Å². The quantitative estimate of drug-likeness (QED) is 0.914. The van der Waals surface area contributed by atoms with E-state index in [-0.39, 0.29) is 12.5 Å². The molecule has 0 unspecified atom stereocenters. The fourth-order valence-electron chi connectivity index (χ4n) is 2.02. The Morgan fingerprint density at radius 1 is 1.26 bits per heavy atom. The van der Waals surface area contributed by atoms with E-state index >= 15 is 0 Å². The minimum atomic E-state index is 0.0673. The molecule has 19 heavy (non-hydrogen) atoms. The summed E-state index contributed by atoms with van der Waals surface area (Å²) >= 11 is 5.81. The number of halogens is 1. The fraction of sp³-hybridized carbons (Fsp3) is 0.500. The van der Waals surface area contributed by atoms with Gasteiger partial charge in [0.25, 0.3) is 0 Å². The van der Waals surface area contributed by atoms with Crippen molar-refractivity contribution in [1.29, 1.82) is 0 Å². The highest BCUT2D eigenvalue weighted by Gasteiger charge is 2.14. The zero-order valence-electron chi connectivity index (χ0n) is 10.9. The number of ether oxygens (including phenoxy) is 1. The first kappa shape index (κ1) is 14.3. The van der Waals surface area contributed by atoms with Crippen LogP contribution in [0.5, 0.6) is 0 Å². The average molecular weight is 283 g/mol. The van der Waals surface area contributed by atoms with Crippen LogP contribution in [0.2, 0.25) is 5.02 Å². The highest BCUT2D eigenvalue weighted by atomic mass is 35.5. The van der Waals surface area contributed by atoms with Gasteiger partial charge >= 0.3 is 0 Å². The van der Waals surface area contributed by atoms with Gasteiger partial charge in [-0.05, 0) is 30.7 Å². The Balaban J connectivity index is 1.72. The molecule has 1 aliphatic rings. The molecule has 104 valence electrons. The Hall–Kier alpha value is -1.10. The second kappa shape index (κ2) is 7.48. The third-order valence-electron chi connectivity index (χ3n) is 3.10. The van der Waals surface area contributed by atoms with Crippen molar-refractivity contribution < 1.29 is 9.53 Å². The summed E-state index contributed by atoms with van der Waals surface area (Å²) < 4.78 is 5.46. The van der Waals surface area contributed by atoms with Gasteiger partial charge in [0.05, 0.1) is 6.61 Å². The predicted octanol–water partition coefficient (Wildman–Crippen LogP) is 1.68. The Morgan fingerprint density at radius 2 is 2.05 bits per heavy atom. The van der Waals surface area contributed by atoms with Crippen molar-refractivity contribution in [3.05, 3.63) is 34.9 Å². The smallest absolute Gasteiger partial charge is 0.248 e. The van der Waals surface area contributed by atoms with Crippen LogP contribution in [0.15, 0.2) is 24.3 Å². The van der Waals surface area contributed by atoms with E-state index in [9.17, 15) is 4.79 Å². The number of carbonyl (C=O) groups is 1. The number of carbonyl (C=O) groups excluding carboxylic acids is 1. The molecule has 1 saturated heterocycles. The summed E-state index contributed by atoms with van der Waals surface area (Å²) in [6, 6.07) is 7.45. The molecule has 1 aliphatic heterocycles. The van der Waals surface area contributed by atoms with Crippen molar-refractivity contribution in [1.82, 2.24) is 10.2 Å². The van der Waals surface area contributed by atoms with Crippen LogP contribution in [0, 0.1) is 0 Å². The van der Waals surface area contributed by atoms with Gasteiger partial charge in [-0.15, -0.1) is 0 Å². The first-order chi connectivity index (χ1) is 9.25. The number of rotatable bonds is 4. The van der Waals surface area contributed by atoms with E-state index in [2.05, 4.69) is 5.32 Å². The summed E-state index contributed by atoms with van der Waals surface area (Å²) in [5.41, 5.74) is 1.02. The molecule has 2 rings (SSSR count). The topological polar surface area (TPSA) is 41.6 Å². The first-order valence-corrected chi connectivity index (χ1v) is 6.94. The molecule has 4 nitrogen and oxygen atoms in total. The minimum absolute atomic E-state index is 0.0673. The normalized spacial score (nSPS) is 16.2. The molecule has 1 N–H and O–H groups in total. The lowest BCUT2D eigenvalue weighted by Gasteiger charge is -2.19.